The zero-order valence-corrected chi connectivity index (χ0v) is 13.3. The summed E-state index contributed by atoms with van der Waals surface area (Å²) in [5.41, 5.74) is 1.98. The van der Waals surface area contributed by atoms with E-state index in [4.69, 9.17) is 4.74 Å². The predicted octanol–water partition coefficient (Wildman–Crippen LogP) is 2.43. The smallest absolute Gasteiger partial charge is 0.192 e. The molecule has 2 bridgehead atoms. The molecule has 1 aromatic rings. The van der Waals surface area contributed by atoms with E-state index in [9.17, 15) is 4.79 Å². The molecule has 0 amide bonds. The fraction of sp³-hybridized carbons (Fsp3) is 0.632. The van der Waals surface area contributed by atoms with Gasteiger partial charge in [0, 0.05) is 24.8 Å². The zero-order valence-electron chi connectivity index (χ0n) is 13.3. The fourth-order valence-corrected chi connectivity index (χ4v) is 6.67. The first kappa shape index (κ1) is 13.0. The molecular formula is C19H22N2O2. The van der Waals surface area contributed by atoms with Crippen LogP contribution in [-0.4, -0.2) is 48.2 Å². The van der Waals surface area contributed by atoms with Gasteiger partial charge in [-0.3, -0.25) is 9.69 Å². The van der Waals surface area contributed by atoms with Gasteiger partial charge in [-0.25, -0.2) is 0 Å². The molecule has 0 aromatic heterocycles. The first-order valence-electron chi connectivity index (χ1n) is 9.05. The second-order valence-electron chi connectivity index (χ2n) is 8.07. The minimum absolute atomic E-state index is 0.0886. The molecular weight excluding hydrogens is 288 g/mol. The van der Waals surface area contributed by atoms with Crippen LogP contribution in [0.2, 0.25) is 0 Å². The number of ketones is 1. The summed E-state index contributed by atoms with van der Waals surface area (Å²) in [6.07, 6.45) is 5.83. The molecule has 0 saturated carbocycles. The van der Waals surface area contributed by atoms with Crippen molar-refractivity contribution in [1.29, 1.82) is 0 Å². The van der Waals surface area contributed by atoms with E-state index in [1.807, 2.05) is 12.1 Å². The van der Waals surface area contributed by atoms with Crippen LogP contribution in [0.15, 0.2) is 24.3 Å². The third-order valence-corrected chi connectivity index (χ3v) is 7.31. The topological polar surface area (TPSA) is 32.8 Å². The summed E-state index contributed by atoms with van der Waals surface area (Å²) in [4.78, 5) is 18.6. The van der Waals surface area contributed by atoms with Crippen molar-refractivity contribution in [3.63, 3.8) is 0 Å². The summed E-state index contributed by atoms with van der Waals surface area (Å²) in [7, 11) is 0. The summed E-state index contributed by atoms with van der Waals surface area (Å²) < 4.78 is 6.21. The average Bonchev–Trinajstić information content (AvgIpc) is 3.08. The SMILES string of the molecule is O=C1c2ccccc2N2[C@H]3C[C@]4(CCCN5CC[C@@]12[C@H]54)CCO3. The van der Waals surface area contributed by atoms with Gasteiger partial charge in [-0.1, -0.05) is 12.1 Å². The number of benzene rings is 1. The van der Waals surface area contributed by atoms with Crippen molar-refractivity contribution in [2.24, 2.45) is 5.41 Å². The van der Waals surface area contributed by atoms with Gasteiger partial charge in [-0.2, -0.15) is 0 Å². The Bertz CT molecular complexity index is 715. The molecule has 5 heterocycles. The highest BCUT2D eigenvalue weighted by Crippen LogP contribution is 2.62. The molecule has 5 aliphatic rings. The van der Waals surface area contributed by atoms with Crippen molar-refractivity contribution < 1.29 is 9.53 Å². The summed E-state index contributed by atoms with van der Waals surface area (Å²) in [6, 6.07) is 8.60. The van der Waals surface area contributed by atoms with Gasteiger partial charge in [-0.05, 0) is 56.2 Å². The second-order valence-corrected chi connectivity index (χ2v) is 8.07. The third-order valence-electron chi connectivity index (χ3n) is 7.31. The van der Waals surface area contributed by atoms with E-state index in [0.29, 0.717) is 17.2 Å². The molecule has 4 saturated heterocycles. The monoisotopic (exact) mass is 310 g/mol. The summed E-state index contributed by atoms with van der Waals surface area (Å²) in [5, 5.41) is 0. The highest BCUT2D eigenvalue weighted by molar-refractivity contribution is 6.15. The third kappa shape index (κ3) is 1.28. The van der Waals surface area contributed by atoms with Gasteiger partial charge in [0.05, 0.1) is 5.69 Å². The highest BCUT2D eigenvalue weighted by atomic mass is 16.5. The van der Waals surface area contributed by atoms with Crippen LogP contribution in [0, 0.1) is 5.41 Å². The van der Waals surface area contributed by atoms with Crippen molar-refractivity contribution in [1.82, 2.24) is 4.90 Å². The number of anilines is 1. The number of para-hydroxylation sites is 1. The Morgan fingerprint density at radius 2 is 2.04 bits per heavy atom. The van der Waals surface area contributed by atoms with Crippen LogP contribution in [-0.2, 0) is 4.74 Å². The highest BCUT2D eigenvalue weighted by Gasteiger charge is 2.72. The van der Waals surface area contributed by atoms with E-state index >= 15 is 0 Å². The van der Waals surface area contributed by atoms with Crippen LogP contribution in [0.5, 0.6) is 0 Å². The molecule has 120 valence electrons. The molecule has 0 N–H and O–H groups in total. The maximum absolute atomic E-state index is 13.6. The van der Waals surface area contributed by atoms with Crippen molar-refractivity contribution in [2.75, 3.05) is 24.6 Å². The van der Waals surface area contributed by atoms with E-state index in [1.54, 1.807) is 0 Å². The number of Topliss-reactive ketones (excluding diaryl/α,β-unsaturated/α-hetero) is 1. The van der Waals surface area contributed by atoms with Gasteiger partial charge in [0.25, 0.3) is 0 Å². The van der Waals surface area contributed by atoms with Crippen LogP contribution >= 0.6 is 0 Å². The number of hydrogen-bond donors (Lipinski definition) is 0. The largest absolute Gasteiger partial charge is 0.358 e. The number of carbonyl (C=O) groups excluding carboxylic acids is 1. The lowest BCUT2D eigenvalue weighted by atomic mass is 9.58. The van der Waals surface area contributed by atoms with Crippen LogP contribution in [0.3, 0.4) is 0 Å². The van der Waals surface area contributed by atoms with Gasteiger partial charge in [0.15, 0.2) is 5.78 Å². The number of fused-ring (bicyclic) bond motifs is 4. The molecule has 2 spiro atoms. The molecule has 5 aliphatic heterocycles. The second kappa shape index (κ2) is 3.98. The molecule has 1 aromatic carbocycles. The average molecular weight is 310 g/mol. The predicted molar refractivity (Wildman–Crippen MR) is 86.6 cm³/mol. The van der Waals surface area contributed by atoms with E-state index in [1.165, 1.54) is 12.8 Å². The minimum atomic E-state index is -0.354. The van der Waals surface area contributed by atoms with Gasteiger partial charge >= 0.3 is 0 Å². The Morgan fingerprint density at radius 1 is 1.13 bits per heavy atom. The van der Waals surface area contributed by atoms with Crippen molar-refractivity contribution in [2.45, 2.75) is 49.9 Å². The Balaban J connectivity index is 1.63. The Morgan fingerprint density at radius 3 is 3.00 bits per heavy atom. The van der Waals surface area contributed by atoms with Crippen molar-refractivity contribution in [3.05, 3.63) is 29.8 Å². The fourth-order valence-electron chi connectivity index (χ4n) is 6.67. The van der Waals surface area contributed by atoms with Gasteiger partial charge in [0.2, 0.25) is 0 Å². The van der Waals surface area contributed by atoms with Crippen molar-refractivity contribution >= 4 is 11.5 Å². The first-order chi connectivity index (χ1) is 11.3. The Kier molecular flexibility index (Phi) is 2.24. The molecule has 4 heteroatoms. The maximum Gasteiger partial charge on any atom is 0.192 e. The molecule has 0 aliphatic carbocycles. The molecule has 0 radical (unpaired) electrons. The number of rotatable bonds is 0. The van der Waals surface area contributed by atoms with Gasteiger partial charge in [0.1, 0.15) is 11.8 Å². The summed E-state index contributed by atoms with van der Waals surface area (Å²) in [5.74, 6) is 0.363. The van der Waals surface area contributed by atoms with Gasteiger partial charge in [-0.15, -0.1) is 0 Å². The van der Waals surface area contributed by atoms with E-state index in [2.05, 4.69) is 21.9 Å². The lowest BCUT2D eigenvalue weighted by Gasteiger charge is -2.63. The molecule has 6 rings (SSSR count). The molecule has 4 atom stereocenters. The quantitative estimate of drug-likeness (QED) is 0.737. The van der Waals surface area contributed by atoms with Crippen LogP contribution in [0.1, 0.15) is 42.5 Å². The summed E-state index contributed by atoms with van der Waals surface area (Å²) >= 11 is 0. The molecule has 23 heavy (non-hydrogen) atoms. The number of hydrogen-bond acceptors (Lipinski definition) is 4. The summed E-state index contributed by atoms with van der Waals surface area (Å²) in [6.45, 7) is 3.07. The van der Waals surface area contributed by atoms with Crippen molar-refractivity contribution in [3.8, 4) is 0 Å². The zero-order chi connectivity index (χ0) is 15.2. The molecule has 4 fully saturated rings. The lowest BCUT2D eigenvalue weighted by Crippen LogP contribution is -2.74. The normalized spacial score (nSPS) is 44.0. The Labute approximate surface area is 136 Å². The van der Waals surface area contributed by atoms with Crippen LogP contribution < -0.4 is 4.90 Å². The van der Waals surface area contributed by atoms with Gasteiger partial charge < -0.3 is 9.64 Å². The minimum Gasteiger partial charge on any atom is -0.358 e. The number of ether oxygens (including phenoxy) is 1. The standard InChI is InChI=1S/C19H22N2O2/c22-16-13-4-1-2-5-14(13)21-15-12-18(8-11-23-15)6-3-9-20-10-7-19(16,21)17(18)20/h1-2,4-5,15,17H,3,6-12H2/t15-,17-,18+,19+/m1/s1. The maximum atomic E-state index is 13.6. The van der Waals surface area contributed by atoms with E-state index < -0.39 is 0 Å². The van der Waals surface area contributed by atoms with Crippen LogP contribution in [0.25, 0.3) is 0 Å². The molecule has 0 unspecified atom stereocenters. The lowest BCUT2D eigenvalue weighted by molar-refractivity contribution is -0.136. The van der Waals surface area contributed by atoms with Crippen LogP contribution in [0.4, 0.5) is 5.69 Å². The molecule has 4 nitrogen and oxygen atoms in total. The van der Waals surface area contributed by atoms with E-state index in [-0.39, 0.29) is 11.8 Å². The van der Waals surface area contributed by atoms with E-state index in [0.717, 1.165) is 50.2 Å². The number of nitrogens with zero attached hydrogens (tertiary/aromatic N) is 2. The first-order valence-corrected chi connectivity index (χ1v) is 9.05. The number of carbonyl (C=O) groups is 1. The number of piperidine rings is 2. The Hall–Kier alpha value is -1.39.